The molecule has 122 valence electrons. The number of rotatable bonds is 3. The number of likely N-dealkylation sites (tertiary alicyclic amines) is 1. The first-order chi connectivity index (χ1) is 10.6. The lowest BCUT2D eigenvalue weighted by molar-refractivity contribution is 0.0190. The summed E-state index contributed by atoms with van der Waals surface area (Å²) in [5.74, 6) is 0. The second-order valence-corrected chi connectivity index (χ2v) is 6.24. The molecule has 2 fully saturated rings. The predicted octanol–water partition coefficient (Wildman–Crippen LogP) is 0.975. The van der Waals surface area contributed by atoms with Crippen molar-refractivity contribution in [3.63, 3.8) is 0 Å². The first kappa shape index (κ1) is 15.3. The molecule has 0 aromatic carbocycles. The van der Waals surface area contributed by atoms with Gasteiger partial charge in [0.1, 0.15) is 0 Å². The van der Waals surface area contributed by atoms with Gasteiger partial charge in [-0.2, -0.15) is 5.10 Å². The van der Waals surface area contributed by atoms with E-state index in [1.165, 1.54) is 0 Å². The van der Waals surface area contributed by atoms with Crippen LogP contribution in [0.25, 0.3) is 0 Å². The summed E-state index contributed by atoms with van der Waals surface area (Å²) in [6.45, 7) is 8.44. The lowest BCUT2D eigenvalue weighted by Crippen LogP contribution is -2.47. The Morgan fingerprint density at radius 1 is 1.50 bits per heavy atom. The third-order valence-corrected chi connectivity index (χ3v) is 4.73. The van der Waals surface area contributed by atoms with Crippen LogP contribution in [-0.2, 0) is 4.74 Å². The minimum Gasteiger partial charge on any atom is -0.379 e. The van der Waals surface area contributed by atoms with Crippen molar-refractivity contribution in [2.75, 3.05) is 32.8 Å². The summed E-state index contributed by atoms with van der Waals surface area (Å²) in [5, 5.41) is 9.77. The van der Waals surface area contributed by atoms with E-state index in [1.54, 1.807) is 6.20 Å². The van der Waals surface area contributed by atoms with Crippen LogP contribution in [0.4, 0.5) is 4.79 Å². The second kappa shape index (κ2) is 6.66. The minimum absolute atomic E-state index is 0.0111. The van der Waals surface area contributed by atoms with Crippen LogP contribution in [-0.4, -0.2) is 71.0 Å². The number of amides is 2. The molecular formula is C15H25N5O2. The fourth-order valence-corrected chi connectivity index (χ4v) is 3.34. The smallest absolute Gasteiger partial charge is 0.318 e. The van der Waals surface area contributed by atoms with Gasteiger partial charge in [-0.3, -0.25) is 10.00 Å². The third kappa shape index (κ3) is 3.25. The second-order valence-electron chi connectivity index (χ2n) is 6.24. The van der Waals surface area contributed by atoms with Crippen LogP contribution < -0.4 is 5.32 Å². The fraction of sp³-hybridized carbons (Fsp3) is 0.733. The van der Waals surface area contributed by atoms with Gasteiger partial charge in [0.05, 0.1) is 25.5 Å². The molecule has 3 unspecified atom stereocenters. The highest BCUT2D eigenvalue weighted by atomic mass is 16.5. The molecule has 1 aromatic rings. The first-order valence-corrected chi connectivity index (χ1v) is 8.02. The van der Waals surface area contributed by atoms with Crippen molar-refractivity contribution in [1.82, 2.24) is 25.3 Å². The summed E-state index contributed by atoms with van der Waals surface area (Å²) in [6.07, 6.45) is 4.59. The molecule has 2 amide bonds. The zero-order chi connectivity index (χ0) is 15.5. The van der Waals surface area contributed by atoms with Gasteiger partial charge < -0.3 is 15.0 Å². The standard InChI is InChI=1S/C15H25N5O2/c1-11-7-14(19-3-5-22-6-4-19)10-20(11)15(21)18-12(2)13-8-16-17-9-13/h8-9,11-12,14H,3-7,10H2,1-2H3,(H,16,17)(H,18,21). The quantitative estimate of drug-likeness (QED) is 0.873. The van der Waals surface area contributed by atoms with E-state index < -0.39 is 0 Å². The number of hydrogen-bond acceptors (Lipinski definition) is 4. The molecule has 3 heterocycles. The lowest BCUT2D eigenvalue weighted by Gasteiger charge is -2.32. The SMILES string of the molecule is CC(NC(=O)N1CC(N2CCOCC2)CC1C)c1cn[nH]c1. The van der Waals surface area contributed by atoms with Gasteiger partial charge in [-0.05, 0) is 20.3 Å². The maximum absolute atomic E-state index is 12.5. The van der Waals surface area contributed by atoms with Crippen molar-refractivity contribution in [3.05, 3.63) is 18.0 Å². The van der Waals surface area contributed by atoms with Crippen LogP contribution in [0.2, 0.25) is 0 Å². The van der Waals surface area contributed by atoms with Gasteiger partial charge in [0, 0.05) is 43.5 Å². The van der Waals surface area contributed by atoms with Crippen LogP contribution in [0.3, 0.4) is 0 Å². The van der Waals surface area contributed by atoms with E-state index in [9.17, 15) is 4.79 Å². The zero-order valence-electron chi connectivity index (χ0n) is 13.3. The topological polar surface area (TPSA) is 73.5 Å². The molecule has 0 bridgehead atoms. The largest absolute Gasteiger partial charge is 0.379 e. The molecule has 3 rings (SSSR count). The van der Waals surface area contributed by atoms with Crippen molar-refractivity contribution >= 4 is 6.03 Å². The molecule has 7 nitrogen and oxygen atoms in total. The van der Waals surface area contributed by atoms with Crippen LogP contribution >= 0.6 is 0 Å². The Bertz CT molecular complexity index is 486. The summed E-state index contributed by atoms with van der Waals surface area (Å²) >= 11 is 0. The third-order valence-electron chi connectivity index (χ3n) is 4.73. The van der Waals surface area contributed by atoms with Crippen molar-refractivity contribution in [3.8, 4) is 0 Å². The Morgan fingerprint density at radius 2 is 2.27 bits per heavy atom. The molecule has 0 spiro atoms. The van der Waals surface area contributed by atoms with Crippen LogP contribution in [0.15, 0.2) is 12.4 Å². The number of hydrogen-bond donors (Lipinski definition) is 2. The number of aromatic amines is 1. The minimum atomic E-state index is -0.0408. The maximum atomic E-state index is 12.5. The van der Waals surface area contributed by atoms with Crippen molar-refractivity contribution < 1.29 is 9.53 Å². The van der Waals surface area contributed by atoms with Gasteiger partial charge in [-0.1, -0.05) is 0 Å². The lowest BCUT2D eigenvalue weighted by atomic mass is 10.1. The molecule has 3 atom stereocenters. The molecule has 0 radical (unpaired) electrons. The Balaban J connectivity index is 1.56. The average Bonchev–Trinajstić information content (AvgIpc) is 3.17. The van der Waals surface area contributed by atoms with Crippen LogP contribution in [0, 0.1) is 0 Å². The van der Waals surface area contributed by atoms with Gasteiger partial charge in [-0.15, -0.1) is 0 Å². The highest BCUT2D eigenvalue weighted by molar-refractivity contribution is 5.75. The van der Waals surface area contributed by atoms with Crippen molar-refractivity contribution in [2.24, 2.45) is 0 Å². The Hall–Kier alpha value is -1.60. The van der Waals surface area contributed by atoms with E-state index in [2.05, 4.69) is 27.3 Å². The molecule has 2 aliphatic heterocycles. The Kier molecular flexibility index (Phi) is 4.63. The predicted molar refractivity (Wildman–Crippen MR) is 82.5 cm³/mol. The molecule has 0 saturated carbocycles. The van der Waals surface area contributed by atoms with E-state index in [0.717, 1.165) is 44.8 Å². The van der Waals surface area contributed by atoms with Gasteiger partial charge in [0.2, 0.25) is 0 Å². The molecule has 0 aliphatic carbocycles. The summed E-state index contributed by atoms with van der Waals surface area (Å²) in [5.41, 5.74) is 0.991. The molecule has 2 N–H and O–H groups in total. The highest BCUT2D eigenvalue weighted by Gasteiger charge is 2.36. The monoisotopic (exact) mass is 307 g/mol. The van der Waals surface area contributed by atoms with Gasteiger partial charge in [-0.25, -0.2) is 4.79 Å². The number of H-pyrrole nitrogens is 1. The summed E-state index contributed by atoms with van der Waals surface area (Å²) in [4.78, 5) is 16.9. The zero-order valence-corrected chi connectivity index (χ0v) is 13.3. The van der Waals surface area contributed by atoms with Gasteiger partial charge >= 0.3 is 6.03 Å². The van der Waals surface area contributed by atoms with E-state index >= 15 is 0 Å². The number of nitrogens with zero attached hydrogens (tertiary/aromatic N) is 3. The number of ether oxygens (including phenoxy) is 1. The number of aromatic nitrogens is 2. The Morgan fingerprint density at radius 3 is 2.95 bits per heavy atom. The maximum Gasteiger partial charge on any atom is 0.318 e. The average molecular weight is 307 g/mol. The van der Waals surface area contributed by atoms with Crippen molar-refractivity contribution in [2.45, 2.75) is 38.4 Å². The molecule has 22 heavy (non-hydrogen) atoms. The Labute approximate surface area is 131 Å². The first-order valence-electron chi connectivity index (χ1n) is 8.02. The van der Waals surface area contributed by atoms with Crippen molar-refractivity contribution in [1.29, 1.82) is 0 Å². The van der Waals surface area contributed by atoms with E-state index in [1.807, 2.05) is 18.0 Å². The molecular weight excluding hydrogens is 282 g/mol. The summed E-state index contributed by atoms with van der Waals surface area (Å²) in [6, 6.07) is 0.691. The van der Waals surface area contributed by atoms with Crippen LogP contribution in [0.1, 0.15) is 31.9 Å². The van der Waals surface area contributed by atoms with Gasteiger partial charge in [0.25, 0.3) is 0 Å². The number of urea groups is 1. The molecule has 7 heteroatoms. The number of morpholine rings is 1. The highest BCUT2D eigenvalue weighted by Crippen LogP contribution is 2.23. The van der Waals surface area contributed by atoms with Gasteiger partial charge in [0.15, 0.2) is 0 Å². The van der Waals surface area contributed by atoms with E-state index in [4.69, 9.17) is 4.74 Å². The number of carbonyl (C=O) groups excluding carboxylic acids is 1. The van der Waals surface area contributed by atoms with E-state index in [-0.39, 0.29) is 18.1 Å². The fourth-order valence-electron chi connectivity index (χ4n) is 3.34. The number of nitrogens with one attached hydrogen (secondary N) is 2. The van der Waals surface area contributed by atoms with E-state index in [0.29, 0.717) is 6.04 Å². The summed E-state index contributed by atoms with van der Waals surface area (Å²) in [7, 11) is 0. The molecule has 2 aliphatic rings. The summed E-state index contributed by atoms with van der Waals surface area (Å²) < 4.78 is 5.41. The number of carbonyl (C=O) groups is 1. The molecule has 1 aromatic heterocycles. The van der Waals surface area contributed by atoms with Crippen LogP contribution in [0.5, 0.6) is 0 Å². The normalized spacial score (nSPS) is 27.8. The molecule has 2 saturated heterocycles.